The van der Waals surface area contributed by atoms with Gasteiger partial charge in [0.2, 0.25) is 0 Å². The fourth-order valence-electron chi connectivity index (χ4n) is 2.55. The van der Waals surface area contributed by atoms with Crippen molar-refractivity contribution >= 4 is 27.0 Å². The lowest BCUT2D eigenvalue weighted by molar-refractivity contribution is -0.137. The molecule has 1 N–H and O–H groups in total. The lowest BCUT2D eigenvalue weighted by Crippen LogP contribution is -2.29. The van der Waals surface area contributed by atoms with Crippen LogP contribution in [0.25, 0.3) is 10.7 Å². The first-order chi connectivity index (χ1) is 15.3. The summed E-state index contributed by atoms with van der Waals surface area (Å²) in [5.74, 6) is 0. The number of nitrogens with one attached hydrogen (secondary N) is 1. The van der Waals surface area contributed by atoms with Crippen LogP contribution in [0.15, 0.2) is 48.0 Å². The highest BCUT2D eigenvalue weighted by molar-refractivity contribution is 7.93. The Morgan fingerprint density at radius 1 is 1.06 bits per heavy atom. The van der Waals surface area contributed by atoms with E-state index < -0.39 is 27.3 Å². The number of hydrogen-bond acceptors (Lipinski definition) is 6. The summed E-state index contributed by atoms with van der Waals surface area (Å²) in [4.78, 5) is 8.04. The van der Waals surface area contributed by atoms with Gasteiger partial charge in [-0.25, -0.2) is 4.98 Å². The summed E-state index contributed by atoms with van der Waals surface area (Å²) in [6, 6.07) is 7.62. The Morgan fingerprint density at radius 3 is 2.45 bits per heavy atom. The highest BCUT2D eigenvalue weighted by Gasteiger charge is 2.46. The summed E-state index contributed by atoms with van der Waals surface area (Å²) in [7, 11) is -5.51. The van der Waals surface area contributed by atoms with Gasteiger partial charge in [0.1, 0.15) is 5.01 Å². The molecular formula is C19H15F6N3O3S2. The normalized spacial score (nSPS) is 12.7. The van der Waals surface area contributed by atoms with Crippen LogP contribution in [0.4, 0.5) is 32.0 Å². The Kier molecular flexibility index (Phi) is 7.29. The second-order valence-electron chi connectivity index (χ2n) is 6.63. The van der Waals surface area contributed by atoms with Crippen LogP contribution in [0.2, 0.25) is 0 Å². The van der Waals surface area contributed by atoms with Gasteiger partial charge in [-0.05, 0) is 36.2 Å². The molecule has 0 saturated carbocycles. The molecule has 0 unspecified atom stereocenters. The smallest absolute Gasteiger partial charge is 0.375 e. The van der Waals surface area contributed by atoms with Gasteiger partial charge < -0.3 is 4.74 Å². The zero-order valence-electron chi connectivity index (χ0n) is 16.4. The van der Waals surface area contributed by atoms with Crippen molar-refractivity contribution < 1.29 is 39.5 Å². The Hall–Kier alpha value is -2.71. The lowest BCUT2D eigenvalue weighted by atomic mass is 10.1. The van der Waals surface area contributed by atoms with Gasteiger partial charge in [0.05, 0.1) is 30.2 Å². The molecule has 14 heteroatoms. The van der Waals surface area contributed by atoms with E-state index in [1.165, 1.54) is 40.3 Å². The Morgan fingerprint density at radius 2 is 1.82 bits per heavy atom. The van der Waals surface area contributed by atoms with Crippen LogP contribution in [0.5, 0.6) is 0 Å². The number of pyridine rings is 1. The molecule has 0 radical (unpaired) electrons. The first-order valence-electron chi connectivity index (χ1n) is 9.09. The lowest BCUT2D eigenvalue weighted by Gasteiger charge is -2.11. The number of thiazole rings is 1. The standard InChI is InChI=1S/C19H15F6N3O3S2/c20-18(21,22)13-4-5-16(26-9-13)17-27-15(11-32-17)10-31-7-6-12-2-1-3-14(8-12)28-33(29,30)19(23,24)25/h1-5,8-9,11,28H,6-7,10H2. The van der Waals surface area contributed by atoms with Crippen LogP contribution in [0.1, 0.15) is 16.8 Å². The molecule has 2 aromatic heterocycles. The minimum absolute atomic E-state index is 0.0948. The van der Waals surface area contributed by atoms with E-state index in [9.17, 15) is 34.8 Å². The monoisotopic (exact) mass is 511 g/mol. The van der Waals surface area contributed by atoms with Crippen molar-refractivity contribution in [1.29, 1.82) is 0 Å². The minimum atomic E-state index is -5.51. The maximum atomic E-state index is 12.6. The van der Waals surface area contributed by atoms with E-state index in [0.717, 1.165) is 12.3 Å². The summed E-state index contributed by atoms with van der Waals surface area (Å²) < 4.78 is 105. The molecule has 178 valence electrons. The number of hydrogen-bond donors (Lipinski definition) is 1. The summed E-state index contributed by atoms with van der Waals surface area (Å²) in [5, 5.41) is 2.09. The molecule has 33 heavy (non-hydrogen) atoms. The average Bonchev–Trinajstić information content (AvgIpc) is 3.19. The van der Waals surface area contributed by atoms with E-state index in [4.69, 9.17) is 4.74 Å². The molecule has 1 aromatic carbocycles. The molecule has 0 atom stereocenters. The van der Waals surface area contributed by atoms with E-state index in [2.05, 4.69) is 9.97 Å². The van der Waals surface area contributed by atoms with Gasteiger partial charge in [-0.15, -0.1) is 11.3 Å². The van der Waals surface area contributed by atoms with Crippen LogP contribution in [0, 0.1) is 0 Å². The number of halogens is 6. The van der Waals surface area contributed by atoms with E-state index in [-0.39, 0.29) is 24.6 Å². The number of nitrogens with zero attached hydrogens (tertiary/aromatic N) is 2. The fourth-order valence-corrected chi connectivity index (χ4v) is 3.88. The maximum Gasteiger partial charge on any atom is 0.516 e. The van der Waals surface area contributed by atoms with E-state index in [1.807, 2.05) is 0 Å². The topological polar surface area (TPSA) is 81.2 Å². The first kappa shape index (κ1) is 24.9. The Labute approximate surface area is 188 Å². The fraction of sp³-hybridized carbons (Fsp3) is 0.263. The van der Waals surface area contributed by atoms with Crippen molar-refractivity contribution in [2.24, 2.45) is 0 Å². The zero-order chi connectivity index (χ0) is 24.3. The number of sulfonamides is 1. The average molecular weight is 511 g/mol. The minimum Gasteiger partial charge on any atom is -0.375 e. The molecule has 2 heterocycles. The molecule has 0 aliphatic carbocycles. The molecule has 0 saturated heterocycles. The number of alkyl halides is 6. The number of benzene rings is 1. The third kappa shape index (κ3) is 6.65. The van der Waals surface area contributed by atoms with E-state index in [1.54, 1.807) is 11.4 Å². The molecule has 0 fully saturated rings. The second-order valence-corrected chi connectivity index (χ2v) is 9.16. The molecule has 0 spiro atoms. The predicted octanol–water partition coefficient (Wildman–Crippen LogP) is 5.24. The van der Waals surface area contributed by atoms with Crippen molar-refractivity contribution in [2.45, 2.75) is 24.7 Å². The van der Waals surface area contributed by atoms with Crippen LogP contribution < -0.4 is 4.72 Å². The van der Waals surface area contributed by atoms with Crippen LogP contribution in [0.3, 0.4) is 0 Å². The second kappa shape index (κ2) is 9.65. The predicted molar refractivity (Wildman–Crippen MR) is 109 cm³/mol. The Bertz CT molecular complexity index is 1190. The maximum absolute atomic E-state index is 12.6. The van der Waals surface area contributed by atoms with Gasteiger partial charge in [0, 0.05) is 17.3 Å². The quantitative estimate of drug-likeness (QED) is 0.330. The summed E-state index contributed by atoms with van der Waals surface area (Å²) >= 11 is 1.19. The van der Waals surface area contributed by atoms with Crippen molar-refractivity contribution in [3.8, 4) is 10.7 Å². The molecule has 6 nitrogen and oxygen atoms in total. The van der Waals surface area contributed by atoms with E-state index >= 15 is 0 Å². The van der Waals surface area contributed by atoms with Crippen molar-refractivity contribution in [3.63, 3.8) is 0 Å². The first-order valence-corrected chi connectivity index (χ1v) is 11.5. The number of anilines is 1. The highest BCUT2D eigenvalue weighted by atomic mass is 32.2. The number of aromatic nitrogens is 2. The molecule has 0 bridgehead atoms. The summed E-state index contributed by atoms with van der Waals surface area (Å²) in [5.41, 5.74) is -5.14. The van der Waals surface area contributed by atoms with Gasteiger partial charge in [-0.1, -0.05) is 12.1 Å². The van der Waals surface area contributed by atoms with Gasteiger partial charge >= 0.3 is 21.7 Å². The molecule has 0 aliphatic rings. The molecular weight excluding hydrogens is 496 g/mol. The van der Waals surface area contributed by atoms with Crippen LogP contribution >= 0.6 is 11.3 Å². The molecule has 3 aromatic rings. The van der Waals surface area contributed by atoms with Gasteiger partial charge in [0.15, 0.2) is 0 Å². The summed E-state index contributed by atoms with van der Waals surface area (Å²) in [6.07, 6.45) is -3.45. The molecule has 0 aliphatic heterocycles. The van der Waals surface area contributed by atoms with Crippen molar-refractivity contribution in [1.82, 2.24) is 9.97 Å². The third-order valence-corrected chi connectivity index (χ3v) is 6.16. The van der Waals surface area contributed by atoms with Gasteiger partial charge in [-0.3, -0.25) is 9.71 Å². The zero-order valence-corrected chi connectivity index (χ0v) is 18.1. The molecule has 3 rings (SSSR count). The van der Waals surface area contributed by atoms with E-state index in [0.29, 0.717) is 22.7 Å². The number of rotatable bonds is 8. The number of ether oxygens (including phenoxy) is 1. The van der Waals surface area contributed by atoms with Gasteiger partial charge in [-0.2, -0.15) is 34.8 Å². The highest BCUT2D eigenvalue weighted by Crippen LogP contribution is 2.30. The molecule has 0 amide bonds. The van der Waals surface area contributed by atoms with Crippen molar-refractivity contribution in [3.05, 3.63) is 64.8 Å². The van der Waals surface area contributed by atoms with Crippen LogP contribution in [-0.2, 0) is 34.0 Å². The van der Waals surface area contributed by atoms with Gasteiger partial charge in [0.25, 0.3) is 0 Å². The van der Waals surface area contributed by atoms with Crippen molar-refractivity contribution in [2.75, 3.05) is 11.3 Å². The van der Waals surface area contributed by atoms with Crippen LogP contribution in [-0.4, -0.2) is 30.5 Å². The Balaban J connectivity index is 1.52. The SMILES string of the molecule is O=S(=O)(Nc1cccc(CCOCc2csc(-c3ccc(C(F)(F)F)cn3)n2)c1)C(F)(F)F. The summed E-state index contributed by atoms with van der Waals surface area (Å²) in [6.45, 7) is 0.262. The third-order valence-electron chi connectivity index (χ3n) is 4.13. The largest absolute Gasteiger partial charge is 0.516 e.